The van der Waals surface area contributed by atoms with Gasteiger partial charge in [-0.1, -0.05) is 35.0 Å². The zero-order chi connectivity index (χ0) is 23.8. The Balaban J connectivity index is 2.21. The van der Waals surface area contributed by atoms with Crippen molar-refractivity contribution < 1.29 is 19.1 Å². The Morgan fingerprint density at radius 2 is 1.75 bits per heavy atom. The van der Waals surface area contributed by atoms with Gasteiger partial charge in [-0.15, -0.1) is 0 Å². The van der Waals surface area contributed by atoms with E-state index in [1.54, 1.807) is 18.9 Å². The van der Waals surface area contributed by atoms with E-state index in [2.05, 4.69) is 21.2 Å². The number of benzene rings is 2. The van der Waals surface area contributed by atoms with Crippen LogP contribution >= 0.6 is 15.9 Å². The molecule has 2 amide bonds. The number of hydrogen-bond acceptors (Lipinski definition) is 4. The van der Waals surface area contributed by atoms with Crippen molar-refractivity contribution in [2.24, 2.45) is 0 Å². The minimum Gasteiger partial charge on any atom is -0.497 e. The van der Waals surface area contributed by atoms with Crippen LogP contribution in [0.2, 0.25) is 0 Å². The number of ether oxygens (including phenoxy) is 2. The Bertz CT molecular complexity index is 924. The van der Waals surface area contributed by atoms with Crippen LogP contribution in [0.4, 0.5) is 0 Å². The van der Waals surface area contributed by atoms with Crippen LogP contribution < -0.4 is 14.8 Å². The van der Waals surface area contributed by atoms with Crippen LogP contribution in [0.5, 0.6) is 11.5 Å². The molecule has 0 aromatic heterocycles. The Morgan fingerprint density at radius 3 is 2.34 bits per heavy atom. The third-order valence-corrected chi connectivity index (χ3v) is 6.68. The molecule has 2 rings (SSSR count). The zero-order valence-electron chi connectivity index (χ0n) is 19.7. The van der Waals surface area contributed by atoms with Gasteiger partial charge in [0.1, 0.15) is 17.5 Å². The molecular weight excluding hydrogens is 472 g/mol. The molecule has 6 nitrogen and oxygen atoms in total. The van der Waals surface area contributed by atoms with Gasteiger partial charge in [0.15, 0.2) is 6.61 Å². The van der Waals surface area contributed by atoms with E-state index in [0.717, 1.165) is 27.6 Å². The molecule has 2 aromatic carbocycles. The van der Waals surface area contributed by atoms with Gasteiger partial charge in [0, 0.05) is 17.1 Å². The minimum atomic E-state index is -0.653. The second-order valence-electron chi connectivity index (χ2n) is 8.03. The van der Waals surface area contributed by atoms with Gasteiger partial charge in [-0.25, -0.2) is 0 Å². The fraction of sp³-hybridized carbons (Fsp3) is 0.440. The van der Waals surface area contributed by atoms with E-state index in [1.807, 2.05) is 64.1 Å². The van der Waals surface area contributed by atoms with Crippen molar-refractivity contribution in [3.8, 4) is 11.5 Å². The summed E-state index contributed by atoms with van der Waals surface area (Å²) in [6, 6.07) is 10.6. The maximum Gasteiger partial charge on any atom is 0.261 e. The summed E-state index contributed by atoms with van der Waals surface area (Å²) in [5, 5.41) is 2.96. The van der Waals surface area contributed by atoms with Crippen LogP contribution in [-0.2, 0) is 16.1 Å². The monoisotopic (exact) mass is 504 g/mol. The van der Waals surface area contributed by atoms with E-state index in [1.165, 1.54) is 0 Å². The summed E-state index contributed by atoms with van der Waals surface area (Å²) >= 11 is 3.54. The second kappa shape index (κ2) is 11.9. The van der Waals surface area contributed by atoms with Crippen molar-refractivity contribution in [3.63, 3.8) is 0 Å². The molecule has 0 unspecified atom stereocenters. The average molecular weight is 505 g/mol. The molecule has 32 heavy (non-hydrogen) atoms. The highest BCUT2D eigenvalue weighted by Crippen LogP contribution is 2.26. The van der Waals surface area contributed by atoms with Gasteiger partial charge in [-0.3, -0.25) is 9.59 Å². The molecule has 0 saturated heterocycles. The first-order valence-electron chi connectivity index (χ1n) is 10.8. The van der Waals surface area contributed by atoms with Crippen LogP contribution in [0.1, 0.15) is 43.9 Å². The smallest absolute Gasteiger partial charge is 0.261 e. The first kappa shape index (κ1) is 25.7. The number of nitrogens with zero attached hydrogens (tertiary/aromatic N) is 1. The van der Waals surface area contributed by atoms with Crippen LogP contribution in [0.15, 0.2) is 40.9 Å². The highest BCUT2D eigenvalue weighted by atomic mass is 79.9. The lowest BCUT2D eigenvalue weighted by Gasteiger charge is -2.29. The molecule has 0 spiro atoms. The number of carbonyl (C=O) groups excluding carboxylic acids is 2. The van der Waals surface area contributed by atoms with Crippen LogP contribution in [0, 0.1) is 13.8 Å². The Labute approximate surface area is 199 Å². The highest BCUT2D eigenvalue weighted by Gasteiger charge is 2.27. The third kappa shape index (κ3) is 6.99. The number of amides is 2. The van der Waals surface area contributed by atoms with E-state index in [0.29, 0.717) is 11.5 Å². The summed E-state index contributed by atoms with van der Waals surface area (Å²) in [5.74, 6) is 0.863. The minimum absolute atomic E-state index is 0.0312. The molecule has 2 atom stereocenters. The lowest BCUT2D eigenvalue weighted by atomic mass is 10.1. The molecule has 0 aliphatic rings. The van der Waals surface area contributed by atoms with E-state index >= 15 is 0 Å². The van der Waals surface area contributed by atoms with Crippen molar-refractivity contribution in [2.45, 2.75) is 59.7 Å². The second-order valence-corrected chi connectivity index (χ2v) is 8.82. The van der Waals surface area contributed by atoms with Gasteiger partial charge in [0.2, 0.25) is 5.91 Å². The SMILES string of the molecule is CC[C@H](C)NC(=O)[C@@H](C)N(Cc1cccc(OC)c1)C(=O)COc1cc(C)c(Br)c(C)c1. The lowest BCUT2D eigenvalue weighted by Crippen LogP contribution is -2.50. The fourth-order valence-electron chi connectivity index (χ4n) is 3.23. The van der Waals surface area contributed by atoms with E-state index in [9.17, 15) is 9.59 Å². The molecule has 0 heterocycles. The molecule has 0 saturated carbocycles. The lowest BCUT2D eigenvalue weighted by molar-refractivity contribution is -0.142. The third-order valence-electron chi connectivity index (χ3n) is 5.43. The summed E-state index contributed by atoms with van der Waals surface area (Å²) in [7, 11) is 1.60. The van der Waals surface area contributed by atoms with Gasteiger partial charge >= 0.3 is 0 Å². The number of carbonyl (C=O) groups is 2. The van der Waals surface area contributed by atoms with Crippen LogP contribution in [0.3, 0.4) is 0 Å². The number of nitrogens with one attached hydrogen (secondary N) is 1. The maximum absolute atomic E-state index is 13.2. The molecule has 0 aliphatic heterocycles. The van der Waals surface area contributed by atoms with E-state index in [4.69, 9.17) is 9.47 Å². The van der Waals surface area contributed by atoms with E-state index in [-0.39, 0.29) is 31.0 Å². The number of halogens is 1. The zero-order valence-corrected chi connectivity index (χ0v) is 21.3. The number of methoxy groups -OCH3 is 1. The van der Waals surface area contributed by atoms with Crippen molar-refractivity contribution in [1.29, 1.82) is 0 Å². The van der Waals surface area contributed by atoms with Crippen molar-refractivity contribution in [3.05, 3.63) is 57.6 Å². The maximum atomic E-state index is 13.2. The molecule has 2 aromatic rings. The van der Waals surface area contributed by atoms with Crippen molar-refractivity contribution >= 4 is 27.7 Å². The van der Waals surface area contributed by atoms with Crippen molar-refractivity contribution in [1.82, 2.24) is 10.2 Å². The largest absolute Gasteiger partial charge is 0.497 e. The Hall–Kier alpha value is -2.54. The Kier molecular flexibility index (Phi) is 9.57. The molecule has 7 heteroatoms. The van der Waals surface area contributed by atoms with Gasteiger partial charge in [-0.2, -0.15) is 0 Å². The standard InChI is InChI=1S/C25H33BrN2O4/c1-7-18(4)27-25(30)19(5)28(14-20-9-8-10-21(13-20)31-6)23(29)15-32-22-11-16(2)24(26)17(3)12-22/h8-13,18-19H,7,14-15H2,1-6H3,(H,27,30)/t18-,19+/m0/s1. The normalized spacial score (nSPS) is 12.6. The predicted molar refractivity (Wildman–Crippen MR) is 130 cm³/mol. The van der Waals surface area contributed by atoms with Crippen LogP contribution in [-0.4, -0.2) is 42.5 Å². The first-order valence-corrected chi connectivity index (χ1v) is 11.6. The number of hydrogen-bond donors (Lipinski definition) is 1. The molecule has 0 bridgehead atoms. The molecule has 0 fully saturated rings. The summed E-state index contributed by atoms with van der Waals surface area (Å²) < 4.78 is 12.1. The molecule has 0 radical (unpaired) electrons. The van der Waals surface area contributed by atoms with Gasteiger partial charge < -0.3 is 19.7 Å². The van der Waals surface area contributed by atoms with Gasteiger partial charge in [0.05, 0.1) is 7.11 Å². The fourth-order valence-corrected chi connectivity index (χ4v) is 3.46. The molecular formula is C25H33BrN2O4. The Morgan fingerprint density at radius 1 is 1.09 bits per heavy atom. The summed E-state index contributed by atoms with van der Waals surface area (Å²) in [6.07, 6.45) is 0.813. The molecule has 174 valence electrons. The summed E-state index contributed by atoms with van der Waals surface area (Å²) in [6.45, 7) is 9.75. The summed E-state index contributed by atoms with van der Waals surface area (Å²) in [4.78, 5) is 27.5. The molecule has 0 aliphatic carbocycles. The topological polar surface area (TPSA) is 67.9 Å². The van der Waals surface area contributed by atoms with Crippen molar-refractivity contribution in [2.75, 3.05) is 13.7 Å². The van der Waals surface area contributed by atoms with Gasteiger partial charge in [-0.05, 0) is 75.1 Å². The van der Waals surface area contributed by atoms with E-state index < -0.39 is 6.04 Å². The predicted octanol–water partition coefficient (Wildman–Crippen LogP) is 4.79. The summed E-state index contributed by atoms with van der Waals surface area (Å²) in [5.41, 5.74) is 2.93. The number of rotatable bonds is 10. The quantitative estimate of drug-likeness (QED) is 0.505. The number of aryl methyl sites for hydroxylation is 2. The molecule has 1 N–H and O–H groups in total. The average Bonchev–Trinajstić information content (AvgIpc) is 2.78. The van der Waals surface area contributed by atoms with Crippen LogP contribution in [0.25, 0.3) is 0 Å². The van der Waals surface area contributed by atoms with Gasteiger partial charge in [0.25, 0.3) is 5.91 Å². The first-order chi connectivity index (χ1) is 15.2. The highest BCUT2D eigenvalue weighted by molar-refractivity contribution is 9.10.